The van der Waals surface area contributed by atoms with Gasteiger partial charge in [0.2, 0.25) is 11.7 Å². The molecular weight excluding hydrogens is 398 g/mol. The summed E-state index contributed by atoms with van der Waals surface area (Å²) >= 11 is 3.09. The monoisotopic (exact) mass is 419 g/mol. The van der Waals surface area contributed by atoms with Gasteiger partial charge >= 0.3 is 5.97 Å². The maximum atomic E-state index is 12.7. The summed E-state index contributed by atoms with van der Waals surface area (Å²) in [6.07, 6.45) is 2.91. The molecule has 148 valence electrons. The lowest BCUT2D eigenvalue weighted by Crippen LogP contribution is -2.46. The van der Waals surface area contributed by atoms with Crippen molar-refractivity contribution in [3.05, 3.63) is 34.6 Å². The van der Waals surface area contributed by atoms with E-state index in [0.29, 0.717) is 17.7 Å². The Morgan fingerprint density at radius 1 is 1.39 bits per heavy atom. The van der Waals surface area contributed by atoms with Crippen molar-refractivity contribution in [1.29, 1.82) is 0 Å². The summed E-state index contributed by atoms with van der Waals surface area (Å²) in [5, 5.41) is 2.67. The number of thiazole rings is 1. The van der Waals surface area contributed by atoms with Crippen LogP contribution in [0.25, 0.3) is 5.13 Å². The number of hydrogen-bond acceptors (Lipinski definition) is 7. The Morgan fingerprint density at radius 2 is 2.18 bits per heavy atom. The molecular formula is C19H21N3O4S2. The third kappa shape index (κ3) is 3.06. The topological polar surface area (TPSA) is 81.5 Å². The van der Waals surface area contributed by atoms with Gasteiger partial charge < -0.3 is 9.64 Å². The number of nitrogens with zero attached hydrogens (tertiary/aromatic N) is 3. The molecule has 2 aromatic rings. The van der Waals surface area contributed by atoms with Crippen LogP contribution in [0.4, 0.5) is 0 Å². The molecule has 0 saturated carbocycles. The molecule has 2 aromatic heterocycles. The first kappa shape index (κ1) is 19.2. The van der Waals surface area contributed by atoms with Gasteiger partial charge in [0.15, 0.2) is 11.7 Å². The molecule has 0 unspecified atom stereocenters. The minimum Gasteiger partial charge on any atom is -0.456 e. The Morgan fingerprint density at radius 3 is 2.89 bits per heavy atom. The second-order valence-corrected chi connectivity index (χ2v) is 9.61. The van der Waals surface area contributed by atoms with Gasteiger partial charge in [0, 0.05) is 40.7 Å². The van der Waals surface area contributed by atoms with Crippen LogP contribution in [-0.2, 0) is 14.3 Å². The summed E-state index contributed by atoms with van der Waals surface area (Å²) in [6, 6.07) is 1.18. The molecule has 0 bridgehead atoms. The van der Waals surface area contributed by atoms with Crippen molar-refractivity contribution in [3.63, 3.8) is 0 Å². The Hall–Kier alpha value is -2.13. The molecule has 2 aliphatic heterocycles. The summed E-state index contributed by atoms with van der Waals surface area (Å²) in [7, 11) is 0. The summed E-state index contributed by atoms with van der Waals surface area (Å²) < 4.78 is 7.24. The van der Waals surface area contributed by atoms with Crippen molar-refractivity contribution in [1.82, 2.24) is 14.5 Å². The first-order valence-corrected chi connectivity index (χ1v) is 10.9. The number of aryl methyl sites for hydroxylation is 1. The van der Waals surface area contributed by atoms with Crippen LogP contribution < -0.4 is 0 Å². The van der Waals surface area contributed by atoms with Crippen molar-refractivity contribution >= 4 is 40.8 Å². The second kappa shape index (κ2) is 7.04. The number of rotatable bonds is 5. The van der Waals surface area contributed by atoms with Crippen molar-refractivity contribution in [2.45, 2.75) is 44.5 Å². The quantitative estimate of drug-likeness (QED) is 0.548. The van der Waals surface area contributed by atoms with Gasteiger partial charge in [-0.15, -0.1) is 23.1 Å². The van der Waals surface area contributed by atoms with E-state index in [-0.39, 0.29) is 23.2 Å². The van der Waals surface area contributed by atoms with Gasteiger partial charge in [-0.25, -0.2) is 9.78 Å². The van der Waals surface area contributed by atoms with Crippen LogP contribution in [0.5, 0.6) is 0 Å². The van der Waals surface area contributed by atoms with Crippen LogP contribution in [0.1, 0.15) is 41.5 Å². The van der Waals surface area contributed by atoms with Crippen molar-refractivity contribution in [2.24, 2.45) is 0 Å². The first-order chi connectivity index (χ1) is 13.3. The average Bonchev–Trinajstić information content (AvgIpc) is 3.40. The third-order valence-corrected chi connectivity index (χ3v) is 7.67. The maximum absolute atomic E-state index is 12.7. The van der Waals surface area contributed by atoms with Crippen LogP contribution in [0.2, 0.25) is 0 Å². The summed E-state index contributed by atoms with van der Waals surface area (Å²) in [4.78, 5) is 43.0. The van der Waals surface area contributed by atoms with E-state index in [1.807, 2.05) is 30.7 Å². The second-order valence-electron chi connectivity index (χ2n) is 7.23. The van der Waals surface area contributed by atoms with E-state index in [2.05, 4.69) is 4.98 Å². The number of ketones is 1. The Labute approximate surface area is 171 Å². The van der Waals surface area contributed by atoms with Gasteiger partial charge in [-0.2, -0.15) is 0 Å². The fourth-order valence-electron chi connectivity index (χ4n) is 3.97. The molecule has 0 aromatic carbocycles. The highest BCUT2D eigenvalue weighted by Crippen LogP contribution is 2.47. The molecule has 28 heavy (non-hydrogen) atoms. The number of hydrogen-bond donors (Lipinski definition) is 0. The van der Waals surface area contributed by atoms with E-state index in [0.717, 1.165) is 22.9 Å². The number of carbonyl (C=O) groups is 3. The van der Waals surface area contributed by atoms with Gasteiger partial charge in [0.05, 0.1) is 4.87 Å². The highest BCUT2D eigenvalue weighted by molar-refractivity contribution is 8.01. The number of Topliss-reactive ketones (excluding diaryl/α,β-unsaturated/α-hetero) is 1. The zero-order valence-electron chi connectivity index (χ0n) is 15.9. The normalized spacial score (nSPS) is 23.9. The minimum atomic E-state index is -0.611. The number of aromatic nitrogens is 2. The highest BCUT2D eigenvalue weighted by atomic mass is 32.2. The van der Waals surface area contributed by atoms with E-state index < -0.39 is 12.0 Å². The largest absolute Gasteiger partial charge is 0.456 e. The molecule has 7 nitrogen and oxygen atoms in total. The molecule has 2 aliphatic rings. The maximum Gasteiger partial charge on any atom is 0.330 e. The van der Waals surface area contributed by atoms with Gasteiger partial charge in [0.25, 0.3) is 0 Å². The number of esters is 1. The zero-order valence-corrected chi connectivity index (χ0v) is 17.6. The molecule has 9 heteroatoms. The van der Waals surface area contributed by atoms with Crippen LogP contribution in [0, 0.1) is 13.8 Å². The molecule has 4 heterocycles. The van der Waals surface area contributed by atoms with Gasteiger partial charge in [0.1, 0.15) is 6.04 Å². The van der Waals surface area contributed by atoms with Crippen LogP contribution in [0.15, 0.2) is 17.6 Å². The van der Waals surface area contributed by atoms with Gasteiger partial charge in [-0.3, -0.25) is 14.2 Å². The van der Waals surface area contributed by atoms with E-state index in [1.165, 1.54) is 11.3 Å². The van der Waals surface area contributed by atoms with E-state index in [4.69, 9.17) is 4.74 Å². The fraction of sp³-hybridized carbons (Fsp3) is 0.474. The SMILES string of the molecule is Cc1cc(C(=O)COC(=O)[C@H]2CS[C@@]3(C)CCC(=O)N23)c(C)n1-c1nccs1. The van der Waals surface area contributed by atoms with Crippen molar-refractivity contribution in [3.8, 4) is 5.13 Å². The molecule has 0 aliphatic carbocycles. The van der Waals surface area contributed by atoms with Crippen LogP contribution in [0.3, 0.4) is 0 Å². The standard InChI is InChI=1S/C19H21N3O4S2/c1-11-8-13(12(2)21(11)18-20-6-7-27-18)15(23)9-26-17(25)14-10-28-19(3)5-4-16(24)22(14)19/h6-8,14H,4-5,9-10H2,1-3H3/t14-,19+/m1/s1. The molecule has 2 saturated heterocycles. The number of carbonyl (C=O) groups excluding carboxylic acids is 3. The molecule has 2 atom stereocenters. The van der Waals surface area contributed by atoms with E-state index in [9.17, 15) is 14.4 Å². The number of fused-ring (bicyclic) bond motifs is 1. The zero-order chi connectivity index (χ0) is 20.1. The predicted octanol–water partition coefficient (Wildman–Crippen LogP) is 2.73. The van der Waals surface area contributed by atoms with E-state index in [1.54, 1.807) is 28.9 Å². The molecule has 2 fully saturated rings. The molecule has 0 N–H and O–H groups in total. The smallest absolute Gasteiger partial charge is 0.330 e. The lowest BCUT2D eigenvalue weighted by molar-refractivity contribution is -0.152. The third-order valence-electron chi connectivity index (χ3n) is 5.40. The summed E-state index contributed by atoms with van der Waals surface area (Å²) in [6.45, 7) is 5.41. The number of amides is 1. The predicted molar refractivity (Wildman–Crippen MR) is 107 cm³/mol. The number of ether oxygens (including phenoxy) is 1. The van der Waals surface area contributed by atoms with Crippen molar-refractivity contribution in [2.75, 3.05) is 12.4 Å². The Bertz CT molecular complexity index is 953. The fourth-order valence-corrected chi connectivity index (χ4v) is 6.14. The lowest BCUT2D eigenvalue weighted by atomic mass is 10.1. The molecule has 1 amide bonds. The minimum absolute atomic E-state index is 0.0206. The summed E-state index contributed by atoms with van der Waals surface area (Å²) in [5.41, 5.74) is 2.18. The van der Waals surface area contributed by atoms with Crippen molar-refractivity contribution < 1.29 is 19.1 Å². The first-order valence-electron chi connectivity index (χ1n) is 9.06. The van der Waals surface area contributed by atoms with Crippen LogP contribution in [-0.4, -0.2) is 55.4 Å². The summed E-state index contributed by atoms with van der Waals surface area (Å²) in [5.74, 6) is -0.278. The van der Waals surface area contributed by atoms with Gasteiger partial charge in [-0.05, 0) is 33.3 Å². The molecule has 4 rings (SSSR count). The van der Waals surface area contributed by atoms with E-state index >= 15 is 0 Å². The lowest BCUT2D eigenvalue weighted by Gasteiger charge is -2.29. The Kier molecular flexibility index (Phi) is 4.83. The van der Waals surface area contributed by atoms with Gasteiger partial charge in [-0.1, -0.05) is 0 Å². The number of thioether (sulfide) groups is 1. The molecule has 0 spiro atoms. The average molecular weight is 420 g/mol. The Balaban J connectivity index is 1.45. The van der Waals surface area contributed by atoms with Crippen LogP contribution >= 0.6 is 23.1 Å². The highest BCUT2D eigenvalue weighted by Gasteiger charge is 2.53. The molecule has 0 radical (unpaired) electrons.